The van der Waals surface area contributed by atoms with Gasteiger partial charge in [-0.05, 0) is 57.5 Å². The number of fused-ring (bicyclic) bond motifs is 3. The van der Waals surface area contributed by atoms with Crippen LogP contribution in [0, 0.1) is 0 Å². The minimum Gasteiger partial charge on any atom is -0.489 e. The van der Waals surface area contributed by atoms with Gasteiger partial charge >= 0.3 is 0 Å². The van der Waals surface area contributed by atoms with E-state index in [1.807, 2.05) is 24.3 Å². The number of hydrogen-bond acceptors (Lipinski definition) is 1. The first-order valence-electron chi connectivity index (χ1n) is 9.36. The molecule has 0 aliphatic heterocycles. The zero-order valence-electron chi connectivity index (χ0n) is 15.1. The van der Waals surface area contributed by atoms with Gasteiger partial charge < -0.3 is 4.74 Å². The van der Waals surface area contributed by atoms with Crippen molar-refractivity contribution < 1.29 is 4.74 Å². The van der Waals surface area contributed by atoms with Crippen molar-refractivity contribution in [1.82, 2.24) is 0 Å². The maximum absolute atomic E-state index is 6.04. The molecule has 0 atom stereocenters. The third-order valence-electron chi connectivity index (χ3n) is 5.24. The van der Waals surface area contributed by atoms with E-state index in [0.717, 1.165) is 12.2 Å². The number of ether oxygens (including phenoxy) is 1. The molecule has 0 radical (unpaired) electrons. The minimum atomic E-state index is 0.586. The summed E-state index contributed by atoms with van der Waals surface area (Å²) in [4.78, 5) is 0. The Morgan fingerprint density at radius 3 is 2.30 bits per heavy atom. The van der Waals surface area contributed by atoms with E-state index in [4.69, 9.17) is 4.74 Å². The van der Waals surface area contributed by atoms with Crippen LogP contribution >= 0.6 is 0 Å². The van der Waals surface area contributed by atoms with Gasteiger partial charge in [0.15, 0.2) is 0 Å². The zero-order chi connectivity index (χ0) is 18.1. The van der Waals surface area contributed by atoms with Crippen molar-refractivity contribution in [3.8, 4) is 28.0 Å². The lowest BCUT2D eigenvalue weighted by atomic mass is 9.95. The Kier molecular flexibility index (Phi) is 3.99. The fraction of sp³-hybridized carbons (Fsp3) is 0.0769. The predicted octanol–water partition coefficient (Wildman–Crippen LogP) is 6.50. The second kappa shape index (κ2) is 6.77. The Balaban J connectivity index is 1.46. The van der Waals surface area contributed by atoms with E-state index in [-0.39, 0.29) is 0 Å². The van der Waals surface area contributed by atoms with E-state index >= 15 is 0 Å². The van der Waals surface area contributed by atoms with Gasteiger partial charge in [0.2, 0.25) is 0 Å². The Morgan fingerprint density at radius 2 is 1.37 bits per heavy atom. The fourth-order valence-corrected chi connectivity index (χ4v) is 3.92. The summed E-state index contributed by atoms with van der Waals surface area (Å²) in [5.74, 6) is 0.907. The first-order valence-corrected chi connectivity index (χ1v) is 9.36. The van der Waals surface area contributed by atoms with Crippen molar-refractivity contribution in [2.45, 2.75) is 13.0 Å². The van der Waals surface area contributed by atoms with Gasteiger partial charge in [-0.3, -0.25) is 0 Å². The summed E-state index contributed by atoms with van der Waals surface area (Å²) in [5, 5.41) is 0. The Morgan fingerprint density at radius 1 is 0.630 bits per heavy atom. The monoisotopic (exact) mass is 348 g/mol. The van der Waals surface area contributed by atoms with E-state index in [2.05, 4.69) is 72.8 Å². The summed E-state index contributed by atoms with van der Waals surface area (Å²) >= 11 is 0. The SMILES string of the molecule is c1ccc(COc2cccc(-c3cccc4c3Cc3ccccc3-4)c2)cc1. The van der Waals surface area contributed by atoms with Crippen molar-refractivity contribution in [3.63, 3.8) is 0 Å². The summed E-state index contributed by atoms with van der Waals surface area (Å²) < 4.78 is 6.04. The average Bonchev–Trinajstić information content (AvgIpc) is 3.12. The largest absolute Gasteiger partial charge is 0.489 e. The van der Waals surface area contributed by atoms with Gasteiger partial charge in [0.05, 0.1) is 0 Å². The first-order chi connectivity index (χ1) is 13.4. The zero-order valence-corrected chi connectivity index (χ0v) is 15.1. The van der Waals surface area contributed by atoms with Crippen molar-refractivity contribution in [2.75, 3.05) is 0 Å². The average molecular weight is 348 g/mol. The standard InChI is InChI=1S/C26H20O/c1-2-8-19(9-3-1)18-27-22-12-6-11-20(16-22)24-14-7-15-25-23-13-5-4-10-21(23)17-26(24)25/h1-16H,17-18H2. The molecule has 0 amide bonds. The molecule has 0 aromatic heterocycles. The number of hydrogen-bond donors (Lipinski definition) is 0. The summed E-state index contributed by atoms with van der Waals surface area (Å²) in [6.45, 7) is 0.586. The molecule has 0 saturated heterocycles. The molecule has 0 unspecified atom stereocenters. The highest BCUT2D eigenvalue weighted by molar-refractivity contribution is 5.84. The van der Waals surface area contributed by atoms with Gasteiger partial charge in [-0.15, -0.1) is 0 Å². The molecule has 0 heterocycles. The lowest BCUT2D eigenvalue weighted by molar-refractivity contribution is 0.306. The van der Waals surface area contributed by atoms with Crippen molar-refractivity contribution in [2.24, 2.45) is 0 Å². The van der Waals surface area contributed by atoms with Crippen molar-refractivity contribution >= 4 is 0 Å². The Hall–Kier alpha value is -3.32. The van der Waals surface area contributed by atoms with Crippen LogP contribution in [-0.2, 0) is 13.0 Å². The Labute approximate surface area is 159 Å². The molecule has 5 rings (SSSR count). The van der Waals surface area contributed by atoms with Gasteiger partial charge in [-0.2, -0.15) is 0 Å². The molecule has 0 N–H and O–H groups in total. The highest BCUT2D eigenvalue weighted by Gasteiger charge is 2.20. The molecule has 0 bridgehead atoms. The van der Waals surface area contributed by atoms with E-state index in [1.165, 1.54) is 38.9 Å². The topological polar surface area (TPSA) is 9.23 Å². The summed E-state index contributed by atoms with van der Waals surface area (Å²) in [5.41, 5.74) is 9.25. The van der Waals surface area contributed by atoms with Crippen LogP contribution in [0.3, 0.4) is 0 Å². The summed E-state index contributed by atoms with van der Waals surface area (Å²) in [6.07, 6.45) is 0.997. The van der Waals surface area contributed by atoms with Crippen LogP contribution in [0.5, 0.6) is 5.75 Å². The third-order valence-corrected chi connectivity index (χ3v) is 5.24. The molecule has 1 nitrogen and oxygen atoms in total. The normalized spacial score (nSPS) is 11.7. The van der Waals surface area contributed by atoms with Crippen LogP contribution < -0.4 is 4.74 Å². The summed E-state index contributed by atoms with van der Waals surface area (Å²) in [7, 11) is 0. The highest BCUT2D eigenvalue weighted by atomic mass is 16.5. The van der Waals surface area contributed by atoms with Crippen LogP contribution in [0.4, 0.5) is 0 Å². The second-order valence-electron chi connectivity index (χ2n) is 6.97. The predicted molar refractivity (Wildman–Crippen MR) is 111 cm³/mol. The lowest BCUT2D eigenvalue weighted by Gasteiger charge is -2.11. The van der Waals surface area contributed by atoms with Gasteiger partial charge in [0.1, 0.15) is 12.4 Å². The van der Waals surface area contributed by atoms with Gasteiger partial charge in [0.25, 0.3) is 0 Å². The molecule has 0 saturated carbocycles. The van der Waals surface area contributed by atoms with Crippen molar-refractivity contribution in [1.29, 1.82) is 0 Å². The second-order valence-corrected chi connectivity index (χ2v) is 6.97. The molecule has 1 aliphatic carbocycles. The maximum Gasteiger partial charge on any atom is 0.120 e. The molecular formula is C26H20O. The van der Waals surface area contributed by atoms with Crippen LogP contribution in [0.1, 0.15) is 16.7 Å². The molecule has 0 spiro atoms. The molecule has 1 aliphatic rings. The molecular weight excluding hydrogens is 328 g/mol. The van der Waals surface area contributed by atoms with Crippen LogP contribution in [0.25, 0.3) is 22.3 Å². The molecule has 1 heteroatoms. The van der Waals surface area contributed by atoms with Gasteiger partial charge in [-0.1, -0.05) is 84.9 Å². The Bertz CT molecular complexity index is 1100. The molecule has 4 aromatic rings. The molecule has 0 fully saturated rings. The summed E-state index contributed by atoms with van der Waals surface area (Å²) in [6, 6.07) is 34.1. The van der Waals surface area contributed by atoms with Gasteiger partial charge in [0, 0.05) is 0 Å². The molecule has 27 heavy (non-hydrogen) atoms. The fourth-order valence-electron chi connectivity index (χ4n) is 3.92. The minimum absolute atomic E-state index is 0.586. The highest BCUT2D eigenvalue weighted by Crippen LogP contribution is 2.41. The van der Waals surface area contributed by atoms with E-state index < -0.39 is 0 Å². The third kappa shape index (κ3) is 3.02. The maximum atomic E-state index is 6.04. The van der Waals surface area contributed by atoms with Crippen LogP contribution in [0.15, 0.2) is 97.1 Å². The quantitative estimate of drug-likeness (QED) is 0.360. The van der Waals surface area contributed by atoms with Gasteiger partial charge in [-0.25, -0.2) is 0 Å². The van der Waals surface area contributed by atoms with E-state index in [9.17, 15) is 0 Å². The molecule has 130 valence electrons. The van der Waals surface area contributed by atoms with Crippen LogP contribution in [-0.4, -0.2) is 0 Å². The van der Waals surface area contributed by atoms with Crippen molar-refractivity contribution in [3.05, 3.63) is 114 Å². The van der Waals surface area contributed by atoms with E-state index in [0.29, 0.717) is 6.61 Å². The lowest BCUT2D eigenvalue weighted by Crippen LogP contribution is -1.95. The molecule has 4 aromatic carbocycles. The number of rotatable bonds is 4. The van der Waals surface area contributed by atoms with E-state index in [1.54, 1.807) is 0 Å². The number of benzene rings is 4. The smallest absolute Gasteiger partial charge is 0.120 e. The van der Waals surface area contributed by atoms with Crippen LogP contribution in [0.2, 0.25) is 0 Å². The first kappa shape index (κ1) is 15.9.